The zero-order valence-corrected chi connectivity index (χ0v) is 8.90. The van der Waals surface area contributed by atoms with Gasteiger partial charge in [-0.25, -0.2) is 14.2 Å². The van der Waals surface area contributed by atoms with Crippen LogP contribution in [0.3, 0.4) is 0 Å². The predicted molar refractivity (Wildman–Crippen MR) is 52.9 cm³/mol. The lowest BCUT2D eigenvalue weighted by molar-refractivity contribution is -0.192. The highest BCUT2D eigenvalue weighted by Crippen LogP contribution is 2.13. The van der Waals surface area contributed by atoms with Crippen LogP contribution in [0, 0.1) is 5.82 Å². The van der Waals surface area contributed by atoms with Crippen LogP contribution in [-0.4, -0.2) is 38.7 Å². The van der Waals surface area contributed by atoms with Crippen molar-refractivity contribution in [3.05, 3.63) is 23.8 Å². The molecule has 0 amide bonds. The SMILES string of the molecule is O=C(O)C(F)(F)F.O=Cc1[nH]nc2ncc(F)cc12. The van der Waals surface area contributed by atoms with Crippen LogP contribution in [0.5, 0.6) is 0 Å². The van der Waals surface area contributed by atoms with Gasteiger partial charge in [-0.1, -0.05) is 0 Å². The van der Waals surface area contributed by atoms with E-state index in [1.165, 1.54) is 6.07 Å². The molecule has 0 aliphatic heterocycles. The standard InChI is InChI=1S/C7H4FN3O.C2HF3O2/c8-4-1-5-6(3-12)10-11-7(5)9-2-4;3-2(4,5)1(6)7/h1-3H,(H,9,10,11);(H,6,7). The van der Waals surface area contributed by atoms with Gasteiger partial charge in [-0.15, -0.1) is 0 Å². The molecular formula is C9H5F4N3O3. The largest absolute Gasteiger partial charge is 0.490 e. The van der Waals surface area contributed by atoms with Crippen LogP contribution in [0.15, 0.2) is 12.3 Å². The fraction of sp³-hybridized carbons (Fsp3) is 0.111. The van der Waals surface area contributed by atoms with Crippen molar-refractivity contribution in [1.82, 2.24) is 15.2 Å². The summed E-state index contributed by atoms with van der Waals surface area (Å²) in [5.41, 5.74) is 0.593. The third kappa shape index (κ3) is 3.72. The number of halogens is 4. The highest BCUT2D eigenvalue weighted by molar-refractivity contribution is 5.92. The smallest absolute Gasteiger partial charge is 0.475 e. The fourth-order valence-corrected chi connectivity index (χ4v) is 0.983. The summed E-state index contributed by atoms with van der Waals surface area (Å²) in [6, 6.07) is 1.22. The zero-order chi connectivity index (χ0) is 14.6. The van der Waals surface area contributed by atoms with E-state index in [0.29, 0.717) is 17.3 Å². The predicted octanol–water partition coefficient (Wildman–Crippen LogP) is 1.54. The molecule has 0 unspecified atom stereocenters. The lowest BCUT2D eigenvalue weighted by atomic mass is 10.3. The first-order valence-corrected chi connectivity index (χ1v) is 4.50. The number of alkyl halides is 3. The maximum atomic E-state index is 12.6. The molecule has 0 saturated carbocycles. The first-order valence-electron chi connectivity index (χ1n) is 4.50. The van der Waals surface area contributed by atoms with E-state index in [0.717, 1.165) is 6.20 Å². The summed E-state index contributed by atoms with van der Waals surface area (Å²) in [4.78, 5) is 22.9. The average molecular weight is 279 g/mol. The maximum Gasteiger partial charge on any atom is 0.490 e. The second kappa shape index (κ2) is 5.42. The van der Waals surface area contributed by atoms with Crippen molar-refractivity contribution in [1.29, 1.82) is 0 Å². The van der Waals surface area contributed by atoms with E-state index in [4.69, 9.17) is 9.90 Å². The van der Waals surface area contributed by atoms with Crippen LogP contribution in [0.2, 0.25) is 0 Å². The number of aromatic amines is 1. The van der Waals surface area contributed by atoms with Crippen LogP contribution in [-0.2, 0) is 4.79 Å². The van der Waals surface area contributed by atoms with Gasteiger partial charge in [0.05, 0.1) is 11.6 Å². The normalized spacial score (nSPS) is 10.7. The van der Waals surface area contributed by atoms with E-state index in [1.807, 2.05) is 0 Å². The molecule has 0 saturated heterocycles. The number of fused-ring (bicyclic) bond motifs is 1. The summed E-state index contributed by atoms with van der Waals surface area (Å²) in [6.45, 7) is 0. The number of nitrogens with zero attached hydrogens (tertiary/aromatic N) is 2. The van der Waals surface area contributed by atoms with Gasteiger partial charge < -0.3 is 5.11 Å². The average Bonchev–Trinajstić information content (AvgIpc) is 2.70. The molecule has 0 spiro atoms. The molecule has 0 aliphatic carbocycles. The van der Waals surface area contributed by atoms with Gasteiger partial charge in [0, 0.05) is 0 Å². The van der Waals surface area contributed by atoms with Gasteiger partial charge in [-0.05, 0) is 6.07 Å². The Kier molecular flexibility index (Phi) is 4.14. The number of carbonyl (C=O) groups is 2. The van der Waals surface area contributed by atoms with Crippen molar-refractivity contribution >= 4 is 23.3 Å². The van der Waals surface area contributed by atoms with Crippen LogP contribution in [0.4, 0.5) is 17.6 Å². The summed E-state index contributed by atoms with van der Waals surface area (Å²) in [6.07, 6.45) is -3.45. The van der Waals surface area contributed by atoms with Crippen molar-refractivity contribution < 1.29 is 32.3 Å². The Morgan fingerprint density at radius 2 is 2.00 bits per heavy atom. The molecule has 19 heavy (non-hydrogen) atoms. The molecule has 10 heteroatoms. The highest BCUT2D eigenvalue weighted by Gasteiger charge is 2.38. The van der Waals surface area contributed by atoms with Crippen LogP contribution < -0.4 is 0 Å². The van der Waals surface area contributed by atoms with Crippen LogP contribution >= 0.6 is 0 Å². The number of rotatable bonds is 1. The van der Waals surface area contributed by atoms with Gasteiger partial charge in [0.25, 0.3) is 0 Å². The summed E-state index contributed by atoms with van der Waals surface area (Å²) in [5, 5.41) is 13.7. The van der Waals surface area contributed by atoms with Gasteiger partial charge in [-0.2, -0.15) is 18.3 Å². The van der Waals surface area contributed by atoms with Gasteiger partial charge in [0.15, 0.2) is 11.9 Å². The molecule has 0 bridgehead atoms. The van der Waals surface area contributed by atoms with E-state index < -0.39 is 18.0 Å². The fourth-order valence-electron chi connectivity index (χ4n) is 0.983. The summed E-state index contributed by atoms with van der Waals surface area (Å²) in [5.74, 6) is -3.24. The molecule has 2 aromatic rings. The maximum absolute atomic E-state index is 12.6. The summed E-state index contributed by atoms with van der Waals surface area (Å²) in [7, 11) is 0. The number of carboxylic acids is 1. The van der Waals surface area contributed by atoms with Gasteiger partial charge >= 0.3 is 12.1 Å². The second-order valence-corrected chi connectivity index (χ2v) is 3.08. The number of aldehydes is 1. The Morgan fingerprint density at radius 1 is 1.42 bits per heavy atom. The first-order chi connectivity index (χ1) is 8.75. The monoisotopic (exact) mass is 279 g/mol. The molecular weight excluding hydrogens is 274 g/mol. The molecule has 2 rings (SSSR count). The Balaban J connectivity index is 0.000000224. The lowest BCUT2D eigenvalue weighted by Crippen LogP contribution is -2.21. The lowest BCUT2D eigenvalue weighted by Gasteiger charge is -1.93. The quantitative estimate of drug-likeness (QED) is 0.609. The molecule has 0 atom stereocenters. The van der Waals surface area contributed by atoms with E-state index >= 15 is 0 Å². The molecule has 0 fully saturated rings. The Hall–Kier alpha value is -2.52. The summed E-state index contributed by atoms with van der Waals surface area (Å²) >= 11 is 0. The number of nitrogens with one attached hydrogen (secondary N) is 1. The van der Waals surface area contributed by atoms with Gasteiger partial charge in [-0.3, -0.25) is 9.89 Å². The molecule has 2 N–H and O–H groups in total. The van der Waals surface area contributed by atoms with E-state index in [-0.39, 0.29) is 5.69 Å². The Bertz CT molecular complexity index is 608. The van der Waals surface area contributed by atoms with Gasteiger partial charge in [0.1, 0.15) is 11.5 Å². The van der Waals surface area contributed by atoms with E-state index in [2.05, 4.69) is 15.2 Å². The second-order valence-electron chi connectivity index (χ2n) is 3.08. The molecule has 0 aromatic carbocycles. The minimum absolute atomic E-state index is 0.247. The minimum atomic E-state index is -5.08. The molecule has 6 nitrogen and oxygen atoms in total. The van der Waals surface area contributed by atoms with Crippen molar-refractivity contribution in [3.63, 3.8) is 0 Å². The highest BCUT2D eigenvalue weighted by atomic mass is 19.4. The zero-order valence-electron chi connectivity index (χ0n) is 8.90. The van der Waals surface area contributed by atoms with Crippen molar-refractivity contribution in [2.75, 3.05) is 0 Å². The van der Waals surface area contributed by atoms with Crippen molar-refractivity contribution in [2.24, 2.45) is 0 Å². The number of aliphatic carboxylic acids is 1. The summed E-state index contributed by atoms with van der Waals surface area (Å²) < 4.78 is 44.3. The third-order valence-corrected chi connectivity index (χ3v) is 1.77. The van der Waals surface area contributed by atoms with E-state index in [1.54, 1.807) is 0 Å². The van der Waals surface area contributed by atoms with Crippen molar-refractivity contribution in [3.8, 4) is 0 Å². The molecule has 2 heterocycles. The first kappa shape index (κ1) is 14.5. The van der Waals surface area contributed by atoms with Crippen LogP contribution in [0.1, 0.15) is 10.5 Å². The molecule has 0 aliphatic rings. The number of H-pyrrole nitrogens is 1. The van der Waals surface area contributed by atoms with Crippen molar-refractivity contribution in [2.45, 2.75) is 6.18 Å². The molecule has 2 aromatic heterocycles. The van der Waals surface area contributed by atoms with Gasteiger partial charge in [0.2, 0.25) is 0 Å². The number of carbonyl (C=O) groups excluding carboxylic acids is 1. The molecule has 0 radical (unpaired) electrons. The third-order valence-electron chi connectivity index (χ3n) is 1.77. The molecule has 102 valence electrons. The number of aromatic nitrogens is 3. The number of hydrogen-bond donors (Lipinski definition) is 2. The minimum Gasteiger partial charge on any atom is -0.475 e. The Morgan fingerprint density at radius 3 is 2.47 bits per heavy atom. The van der Waals surface area contributed by atoms with Crippen LogP contribution in [0.25, 0.3) is 11.0 Å². The topological polar surface area (TPSA) is 95.9 Å². The number of hydrogen-bond acceptors (Lipinski definition) is 4. The van der Waals surface area contributed by atoms with E-state index in [9.17, 15) is 22.4 Å². The Labute approximate surface area is 102 Å². The number of pyridine rings is 1. The number of carboxylic acid groups (broad SMARTS) is 1.